The number of anilines is 1. The molecule has 0 radical (unpaired) electrons. The molecule has 0 saturated carbocycles. The first-order chi connectivity index (χ1) is 9.38. The zero-order chi connectivity index (χ0) is 15.1. The van der Waals surface area contributed by atoms with Gasteiger partial charge in [-0.05, 0) is 53.9 Å². The van der Waals surface area contributed by atoms with E-state index < -0.39 is 5.97 Å². The van der Waals surface area contributed by atoms with Crippen molar-refractivity contribution in [3.8, 4) is 0 Å². The standard InChI is InChI=1S/C13H16BrClN2O3/c1-8(3-2-4-12(18)19)16-13(20)17-11-7-9(15)5-6-10(11)14/h5-8H,2-4H2,1H3,(H,18,19)(H2,16,17,20). The van der Waals surface area contributed by atoms with Crippen LogP contribution in [-0.2, 0) is 4.79 Å². The van der Waals surface area contributed by atoms with E-state index >= 15 is 0 Å². The van der Waals surface area contributed by atoms with Gasteiger partial charge >= 0.3 is 12.0 Å². The normalized spacial score (nSPS) is 11.8. The molecule has 7 heteroatoms. The maximum absolute atomic E-state index is 11.8. The molecule has 2 amide bonds. The van der Waals surface area contributed by atoms with Gasteiger partial charge in [0.15, 0.2) is 0 Å². The van der Waals surface area contributed by atoms with E-state index in [1.54, 1.807) is 18.2 Å². The van der Waals surface area contributed by atoms with Crippen LogP contribution in [0.15, 0.2) is 22.7 Å². The molecule has 0 aliphatic carbocycles. The number of carboxylic acids is 1. The molecule has 3 N–H and O–H groups in total. The Kier molecular flexibility index (Phi) is 6.81. The fourth-order valence-electron chi connectivity index (χ4n) is 1.61. The fraction of sp³-hybridized carbons (Fsp3) is 0.385. The lowest BCUT2D eigenvalue weighted by atomic mass is 10.1. The predicted molar refractivity (Wildman–Crippen MR) is 82.3 cm³/mol. The van der Waals surface area contributed by atoms with Crippen LogP contribution >= 0.6 is 27.5 Å². The molecule has 0 aliphatic rings. The van der Waals surface area contributed by atoms with Crippen molar-refractivity contribution < 1.29 is 14.7 Å². The fourth-order valence-corrected chi connectivity index (χ4v) is 2.12. The van der Waals surface area contributed by atoms with Gasteiger partial charge in [0.25, 0.3) is 0 Å². The average Bonchev–Trinajstić information content (AvgIpc) is 2.33. The van der Waals surface area contributed by atoms with Crippen LogP contribution in [-0.4, -0.2) is 23.1 Å². The Labute approximate surface area is 130 Å². The van der Waals surface area contributed by atoms with Gasteiger partial charge in [0.1, 0.15) is 0 Å². The van der Waals surface area contributed by atoms with E-state index in [9.17, 15) is 9.59 Å². The molecule has 0 saturated heterocycles. The molecule has 0 spiro atoms. The van der Waals surface area contributed by atoms with E-state index in [1.807, 2.05) is 6.92 Å². The quantitative estimate of drug-likeness (QED) is 0.718. The molecular weight excluding hydrogens is 348 g/mol. The van der Waals surface area contributed by atoms with E-state index in [2.05, 4.69) is 26.6 Å². The van der Waals surface area contributed by atoms with Crippen LogP contribution in [0.5, 0.6) is 0 Å². The molecule has 0 heterocycles. The molecule has 5 nitrogen and oxygen atoms in total. The van der Waals surface area contributed by atoms with E-state index in [0.717, 1.165) is 4.47 Å². The number of carboxylic acid groups (broad SMARTS) is 1. The van der Waals surface area contributed by atoms with Gasteiger partial charge in [-0.25, -0.2) is 4.79 Å². The SMILES string of the molecule is CC(CCCC(=O)O)NC(=O)Nc1cc(Cl)ccc1Br. The molecule has 20 heavy (non-hydrogen) atoms. The molecule has 0 aromatic heterocycles. The Morgan fingerprint density at radius 1 is 1.45 bits per heavy atom. The van der Waals surface area contributed by atoms with Crippen LogP contribution in [0.4, 0.5) is 10.5 Å². The Morgan fingerprint density at radius 3 is 2.80 bits per heavy atom. The van der Waals surface area contributed by atoms with E-state index in [-0.39, 0.29) is 18.5 Å². The lowest BCUT2D eigenvalue weighted by molar-refractivity contribution is -0.137. The minimum atomic E-state index is -0.829. The first kappa shape index (κ1) is 16.8. The van der Waals surface area contributed by atoms with Gasteiger partial charge in [-0.3, -0.25) is 4.79 Å². The van der Waals surface area contributed by atoms with Crippen LogP contribution in [0.2, 0.25) is 5.02 Å². The second-order valence-corrected chi connectivity index (χ2v) is 5.70. The molecule has 0 fully saturated rings. The van der Waals surface area contributed by atoms with E-state index in [0.29, 0.717) is 23.6 Å². The minimum absolute atomic E-state index is 0.104. The number of carbonyl (C=O) groups excluding carboxylic acids is 1. The third kappa shape index (κ3) is 6.25. The largest absolute Gasteiger partial charge is 0.481 e. The summed E-state index contributed by atoms with van der Waals surface area (Å²) in [5, 5.41) is 14.5. The number of aliphatic carboxylic acids is 1. The van der Waals surface area contributed by atoms with Crippen LogP contribution in [0, 0.1) is 0 Å². The van der Waals surface area contributed by atoms with Crippen molar-refractivity contribution in [1.82, 2.24) is 5.32 Å². The van der Waals surface area contributed by atoms with Gasteiger partial charge < -0.3 is 15.7 Å². The summed E-state index contributed by atoms with van der Waals surface area (Å²) >= 11 is 9.17. The Bertz CT molecular complexity index is 497. The van der Waals surface area contributed by atoms with Crippen molar-refractivity contribution in [3.63, 3.8) is 0 Å². The molecule has 0 bridgehead atoms. The minimum Gasteiger partial charge on any atom is -0.481 e. The van der Waals surface area contributed by atoms with Crippen molar-refractivity contribution in [2.24, 2.45) is 0 Å². The lowest BCUT2D eigenvalue weighted by Gasteiger charge is -2.15. The first-order valence-corrected chi connectivity index (χ1v) is 7.30. The van der Waals surface area contributed by atoms with Crippen molar-refractivity contribution in [2.45, 2.75) is 32.2 Å². The number of urea groups is 1. The van der Waals surface area contributed by atoms with Gasteiger partial charge in [-0.1, -0.05) is 11.6 Å². The zero-order valence-electron chi connectivity index (χ0n) is 11.0. The van der Waals surface area contributed by atoms with Crippen molar-refractivity contribution in [2.75, 3.05) is 5.32 Å². The average molecular weight is 364 g/mol. The highest BCUT2D eigenvalue weighted by molar-refractivity contribution is 9.10. The highest BCUT2D eigenvalue weighted by atomic mass is 79.9. The summed E-state index contributed by atoms with van der Waals surface area (Å²) in [6.45, 7) is 1.83. The smallest absolute Gasteiger partial charge is 0.319 e. The van der Waals surface area contributed by atoms with Crippen molar-refractivity contribution in [1.29, 1.82) is 0 Å². The number of halogens is 2. The predicted octanol–water partition coefficient (Wildman–Crippen LogP) is 3.87. The van der Waals surface area contributed by atoms with Gasteiger partial charge in [0.2, 0.25) is 0 Å². The van der Waals surface area contributed by atoms with Gasteiger partial charge in [-0.2, -0.15) is 0 Å². The second-order valence-electron chi connectivity index (χ2n) is 4.41. The molecular formula is C13H16BrClN2O3. The van der Waals surface area contributed by atoms with E-state index in [4.69, 9.17) is 16.7 Å². The number of carbonyl (C=O) groups is 2. The Hall–Kier alpha value is -1.27. The van der Waals surface area contributed by atoms with Crippen molar-refractivity contribution in [3.05, 3.63) is 27.7 Å². The number of hydrogen-bond donors (Lipinski definition) is 3. The van der Waals surface area contributed by atoms with Crippen molar-refractivity contribution >= 4 is 45.2 Å². The maximum atomic E-state index is 11.8. The summed E-state index contributed by atoms with van der Waals surface area (Å²) in [6.07, 6.45) is 1.24. The molecule has 1 aromatic carbocycles. The van der Waals surface area contributed by atoms with Crippen LogP contribution < -0.4 is 10.6 Å². The summed E-state index contributed by atoms with van der Waals surface area (Å²) in [7, 11) is 0. The first-order valence-electron chi connectivity index (χ1n) is 6.13. The Balaban J connectivity index is 2.43. The molecule has 1 unspecified atom stereocenters. The summed E-state index contributed by atoms with van der Waals surface area (Å²) in [5.74, 6) is -0.829. The topological polar surface area (TPSA) is 78.4 Å². The summed E-state index contributed by atoms with van der Waals surface area (Å²) in [4.78, 5) is 22.2. The second kappa shape index (κ2) is 8.11. The zero-order valence-corrected chi connectivity index (χ0v) is 13.3. The summed E-state index contributed by atoms with van der Waals surface area (Å²) in [5.41, 5.74) is 0.577. The van der Waals surface area contributed by atoms with Gasteiger partial charge in [0.05, 0.1) is 5.69 Å². The number of amides is 2. The van der Waals surface area contributed by atoms with Gasteiger partial charge in [-0.15, -0.1) is 0 Å². The van der Waals surface area contributed by atoms with Crippen LogP contribution in [0.25, 0.3) is 0 Å². The molecule has 0 aliphatic heterocycles. The number of hydrogen-bond acceptors (Lipinski definition) is 2. The third-order valence-corrected chi connectivity index (χ3v) is 3.51. The highest BCUT2D eigenvalue weighted by Gasteiger charge is 2.10. The Morgan fingerprint density at radius 2 is 2.15 bits per heavy atom. The van der Waals surface area contributed by atoms with Gasteiger partial charge in [0, 0.05) is 22.0 Å². The molecule has 1 rings (SSSR count). The summed E-state index contributed by atoms with van der Waals surface area (Å²) < 4.78 is 0.732. The lowest BCUT2D eigenvalue weighted by Crippen LogP contribution is -2.36. The van der Waals surface area contributed by atoms with Crippen LogP contribution in [0.1, 0.15) is 26.2 Å². The molecule has 110 valence electrons. The number of rotatable bonds is 6. The number of nitrogens with one attached hydrogen (secondary N) is 2. The number of benzene rings is 1. The highest BCUT2D eigenvalue weighted by Crippen LogP contribution is 2.25. The monoisotopic (exact) mass is 362 g/mol. The maximum Gasteiger partial charge on any atom is 0.319 e. The molecule has 1 aromatic rings. The van der Waals surface area contributed by atoms with Crippen LogP contribution in [0.3, 0.4) is 0 Å². The third-order valence-electron chi connectivity index (χ3n) is 2.58. The van der Waals surface area contributed by atoms with E-state index in [1.165, 1.54) is 0 Å². The molecule has 1 atom stereocenters. The summed E-state index contributed by atoms with van der Waals surface area (Å²) in [6, 6.07) is 4.64.